The van der Waals surface area contributed by atoms with Crippen LogP contribution in [0.5, 0.6) is 0 Å². The molecule has 0 rings (SSSR count). The van der Waals surface area contributed by atoms with Gasteiger partial charge in [-0.2, -0.15) is 10.5 Å². The minimum atomic E-state index is -0.514. The highest BCUT2D eigenvalue weighted by atomic mass is 16.7. The first-order valence-electron chi connectivity index (χ1n) is 4.94. The average molecular weight is 238 g/mol. The number of nitriles is 2. The summed E-state index contributed by atoms with van der Waals surface area (Å²) in [5, 5.41) is 15.5. The number of rotatable bonds is 4. The largest absolute Gasteiger partial charge is 0.353 e. The number of ether oxygens (including phenoxy) is 2. The zero-order chi connectivity index (χ0) is 14.1. The van der Waals surface area contributed by atoms with Crippen LogP contribution in [0, 0.1) is 22.7 Å². The Morgan fingerprint density at radius 2 is 1.53 bits per heavy atom. The van der Waals surface area contributed by atoms with E-state index in [0.717, 1.165) is 19.2 Å². The molecule has 0 radical (unpaired) electrons. The van der Waals surface area contributed by atoms with Crippen molar-refractivity contribution >= 4 is 5.94 Å². The van der Waals surface area contributed by atoms with Crippen LogP contribution in [0.15, 0.2) is 18.7 Å². The molecule has 0 fully saturated rings. The van der Waals surface area contributed by atoms with E-state index in [0.29, 0.717) is 0 Å². The molecule has 0 saturated carbocycles. The Morgan fingerprint density at radius 1 is 1.18 bits per heavy atom. The van der Waals surface area contributed by atoms with E-state index in [1.165, 1.54) is 12.1 Å². The average Bonchev–Trinajstić information content (AvgIpc) is 2.35. The van der Waals surface area contributed by atoms with Gasteiger partial charge in [0.1, 0.15) is 12.1 Å². The fraction of sp³-hybridized carbons (Fsp3) is 0.500. The smallest absolute Gasteiger partial charge is 0.212 e. The molecule has 0 aliphatic heterocycles. The number of nitrogens with zero attached hydrogens (tertiary/aromatic N) is 2. The van der Waals surface area contributed by atoms with Gasteiger partial charge in [0.15, 0.2) is 12.2 Å². The summed E-state index contributed by atoms with van der Waals surface area (Å²) >= 11 is 0. The Balaban J connectivity index is -0.000000202. The van der Waals surface area contributed by atoms with Crippen molar-refractivity contribution in [2.75, 3.05) is 13.2 Å². The maximum Gasteiger partial charge on any atom is 0.212 e. The van der Waals surface area contributed by atoms with Crippen molar-refractivity contribution in [2.24, 2.45) is 0 Å². The summed E-state index contributed by atoms with van der Waals surface area (Å²) in [5.41, 5.74) is -0.514. The summed E-state index contributed by atoms with van der Waals surface area (Å²) in [6.45, 7) is 13.3. The molecule has 0 atom stereocenters. The van der Waals surface area contributed by atoms with Crippen LogP contribution in [-0.2, 0) is 14.3 Å². The van der Waals surface area contributed by atoms with E-state index in [1.54, 1.807) is 0 Å². The number of hydrogen-bond donors (Lipinski definition) is 0. The summed E-state index contributed by atoms with van der Waals surface area (Å²) in [7, 11) is 0. The van der Waals surface area contributed by atoms with Gasteiger partial charge in [0.25, 0.3) is 0 Å². The third-order valence-corrected chi connectivity index (χ3v) is 1.13. The quantitative estimate of drug-likeness (QED) is 0.324. The Kier molecular flexibility index (Phi) is 23.7. The van der Waals surface area contributed by atoms with Gasteiger partial charge in [-0.15, -0.1) is 13.2 Å². The molecule has 0 unspecified atom stereocenters. The molecule has 0 bridgehead atoms. The Morgan fingerprint density at radius 3 is 1.65 bits per heavy atom. The molecule has 5 heteroatoms. The molecule has 0 heterocycles. The molecule has 0 aliphatic carbocycles. The van der Waals surface area contributed by atoms with Gasteiger partial charge in [-0.05, 0) is 20.8 Å². The second kappa shape index (κ2) is 19.6. The third kappa shape index (κ3) is 20.2. The van der Waals surface area contributed by atoms with Crippen molar-refractivity contribution < 1.29 is 14.3 Å². The van der Waals surface area contributed by atoms with Gasteiger partial charge in [-0.3, -0.25) is 0 Å². The van der Waals surface area contributed by atoms with Crippen LogP contribution in [0.25, 0.3) is 0 Å². The highest BCUT2D eigenvalue weighted by molar-refractivity contribution is 5.65. The molecular formula is C12H18N2O3. The fourth-order valence-electron chi connectivity index (χ4n) is 0.588. The van der Waals surface area contributed by atoms with Crippen molar-refractivity contribution in [1.29, 1.82) is 10.5 Å². The van der Waals surface area contributed by atoms with Crippen LogP contribution in [0.4, 0.5) is 0 Å². The van der Waals surface area contributed by atoms with Crippen LogP contribution in [0.3, 0.4) is 0 Å². The van der Waals surface area contributed by atoms with E-state index in [4.69, 9.17) is 20.0 Å². The van der Waals surface area contributed by atoms with Crippen LogP contribution >= 0.6 is 0 Å². The van der Waals surface area contributed by atoms with Crippen LogP contribution in [-0.4, -0.2) is 25.4 Å². The number of hydrogen-bond acceptors (Lipinski definition) is 5. The predicted octanol–water partition coefficient (Wildman–Crippen LogP) is 2.00. The van der Waals surface area contributed by atoms with E-state index < -0.39 is 5.57 Å². The lowest BCUT2D eigenvalue weighted by atomic mass is 10.4. The normalized spacial score (nSPS) is 7.18. The second-order valence-electron chi connectivity index (χ2n) is 2.18. The van der Waals surface area contributed by atoms with E-state index in [-0.39, 0.29) is 6.29 Å². The molecule has 0 aliphatic rings. The maximum atomic E-state index is 9.36. The van der Waals surface area contributed by atoms with Gasteiger partial charge < -0.3 is 9.47 Å². The summed E-state index contributed by atoms with van der Waals surface area (Å²) in [6, 6.07) is 2.67. The summed E-state index contributed by atoms with van der Waals surface area (Å²) in [4.78, 5) is 9.36. The Bertz CT molecular complexity index is 274. The third-order valence-electron chi connectivity index (χ3n) is 1.13. The topological polar surface area (TPSA) is 83.1 Å². The first kappa shape index (κ1) is 20.5. The molecule has 0 saturated heterocycles. The molecule has 0 spiro atoms. The van der Waals surface area contributed by atoms with Crippen LogP contribution in [0.2, 0.25) is 0 Å². The SMILES string of the molecule is C=C.CCOC(C)OCC.N#CC(=C=O)C#N. The minimum absolute atomic E-state index is 0.0370. The van der Waals surface area contributed by atoms with Crippen molar-refractivity contribution in [3.8, 4) is 12.1 Å². The molecule has 0 aromatic heterocycles. The lowest BCUT2D eigenvalue weighted by Crippen LogP contribution is -2.11. The van der Waals surface area contributed by atoms with Gasteiger partial charge in [0, 0.05) is 13.2 Å². The summed E-state index contributed by atoms with van der Waals surface area (Å²) in [6.07, 6.45) is -0.0370. The molecule has 0 aromatic carbocycles. The maximum absolute atomic E-state index is 9.36. The van der Waals surface area contributed by atoms with Gasteiger partial charge in [-0.1, -0.05) is 0 Å². The second-order valence-corrected chi connectivity index (χ2v) is 2.18. The standard InChI is InChI=1S/C6H14O2.C4N2O.C2H4/c1-4-7-6(3)8-5-2;5-1-4(2-6)3-7;1-2/h6H,4-5H2,1-3H3;;1-2H2. The first-order chi connectivity index (χ1) is 8.15. The molecule has 0 amide bonds. The predicted molar refractivity (Wildman–Crippen MR) is 64.4 cm³/mol. The van der Waals surface area contributed by atoms with E-state index in [2.05, 4.69) is 13.2 Å². The van der Waals surface area contributed by atoms with Gasteiger partial charge >= 0.3 is 0 Å². The van der Waals surface area contributed by atoms with Crippen LogP contribution < -0.4 is 0 Å². The Labute approximate surface area is 103 Å². The van der Waals surface area contributed by atoms with Gasteiger partial charge in [0.2, 0.25) is 5.57 Å². The van der Waals surface area contributed by atoms with E-state index in [9.17, 15) is 4.79 Å². The zero-order valence-corrected chi connectivity index (χ0v) is 10.5. The van der Waals surface area contributed by atoms with Crippen molar-refractivity contribution in [1.82, 2.24) is 0 Å². The number of carbonyl (C=O) groups excluding carboxylic acids is 1. The highest BCUT2D eigenvalue weighted by Crippen LogP contribution is 1.90. The summed E-state index contributed by atoms with van der Waals surface area (Å²) in [5.74, 6) is 1.15. The van der Waals surface area contributed by atoms with Gasteiger partial charge in [-0.25, -0.2) is 4.79 Å². The molecular weight excluding hydrogens is 220 g/mol. The molecule has 0 aromatic rings. The van der Waals surface area contributed by atoms with Gasteiger partial charge in [0.05, 0.1) is 0 Å². The molecule has 0 N–H and O–H groups in total. The lowest BCUT2D eigenvalue weighted by Gasteiger charge is -2.09. The summed E-state index contributed by atoms with van der Waals surface area (Å²) < 4.78 is 10.1. The molecule has 5 nitrogen and oxygen atoms in total. The van der Waals surface area contributed by atoms with E-state index in [1.807, 2.05) is 20.8 Å². The first-order valence-corrected chi connectivity index (χ1v) is 4.94. The van der Waals surface area contributed by atoms with Crippen molar-refractivity contribution in [3.05, 3.63) is 18.7 Å². The van der Waals surface area contributed by atoms with Crippen molar-refractivity contribution in [2.45, 2.75) is 27.1 Å². The zero-order valence-electron chi connectivity index (χ0n) is 10.5. The molecule has 94 valence electrons. The highest BCUT2D eigenvalue weighted by Gasteiger charge is 1.94. The minimum Gasteiger partial charge on any atom is -0.353 e. The van der Waals surface area contributed by atoms with Crippen LogP contribution in [0.1, 0.15) is 20.8 Å². The van der Waals surface area contributed by atoms with E-state index >= 15 is 0 Å². The monoisotopic (exact) mass is 238 g/mol. The molecule has 17 heavy (non-hydrogen) atoms. The van der Waals surface area contributed by atoms with Crippen molar-refractivity contribution in [3.63, 3.8) is 0 Å². The fourth-order valence-corrected chi connectivity index (χ4v) is 0.588. The number of allylic oxidation sites excluding steroid dienone is 1. The lowest BCUT2D eigenvalue weighted by molar-refractivity contribution is -0.123. The Hall–Kier alpha value is -1.91.